The van der Waals surface area contributed by atoms with Crippen molar-refractivity contribution in [1.29, 1.82) is 0 Å². The van der Waals surface area contributed by atoms with E-state index in [1.807, 2.05) is 0 Å². The Kier molecular flexibility index (Phi) is 4.95. The molecule has 0 nitrogen and oxygen atoms in total. The van der Waals surface area contributed by atoms with E-state index in [9.17, 15) is 0 Å². The Bertz CT molecular complexity index is 379. The Hall–Kier alpha value is -0.490. The fourth-order valence-electron chi connectivity index (χ4n) is 3.04. The summed E-state index contributed by atoms with van der Waals surface area (Å²) in [5.41, 5.74) is 2.90. The van der Waals surface area contributed by atoms with Gasteiger partial charge in [0.1, 0.15) is 0 Å². The summed E-state index contributed by atoms with van der Waals surface area (Å²) in [5, 5.41) is 0.192. The van der Waals surface area contributed by atoms with Gasteiger partial charge in [-0.3, -0.25) is 0 Å². The lowest BCUT2D eigenvalue weighted by atomic mass is 9.84. The second-order valence-corrected chi connectivity index (χ2v) is 7.61. The first-order chi connectivity index (χ1) is 8.97. The maximum atomic E-state index is 6.61. The lowest BCUT2D eigenvalue weighted by molar-refractivity contribution is 0.336. The van der Waals surface area contributed by atoms with Gasteiger partial charge < -0.3 is 0 Å². The average Bonchev–Trinajstić information content (AvgIpc) is 2.39. The lowest BCUT2D eigenvalue weighted by Crippen LogP contribution is -2.11. The molecule has 19 heavy (non-hydrogen) atoms. The van der Waals surface area contributed by atoms with Crippen LogP contribution in [-0.2, 0) is 5.41 Å². The van der Waals surface area contributed by atoms with E-state index >= 15 is 0 Å². The van der Waals surface area contributed by atoms with E-state index in [2.05, 4.69) is 45.0 Å². The van der Waals surface area contributed by atoms with E-state index in [0.717, 1.165) is 12.3 Å². The van der Waals surface area contributed by atoms with Gasteiger partial charge in [-0.15, -0.1) is 11.6 Å². The molecule has 1 aromatic carbocycles. The smallest absolute Gasteiger partial charge is 0.0587 e. The molecule has 1 unspecified atom stereocenters. The van der Waals surface area contributed by atoms with Crippen LogP contribution in [0.4, 0.5) is 0 Å². The molecule has 1 aliphatic carbocycles. The molecule has 0 bridgehead atoms. The van der Waals surface area contributed by atoms with Gasteiger partial charge in [0.15, 0.2) is 0 Å². The molecule has 1 fully saturated rings. The minimum Gasteiger partial charge on any atom is -0.118 e. The highest BCUT2D eigenvalue weighted by Gasteiger charge is 2.19. The zero-order chi connectivity index (χ0) is 13.9. The largest absolute Gasteiger partial charge is 0.118 e. The Morgan fingerprint density at radius 2 is 1.63 bits per heavy atom. The molecule has 2 rings (SSSR count). The third-order valence-electron chi connectivity index (χ3n) is 4.40. The third-order valence-corrected chi connectivity index (χ3v) is 4.83. The summed E-state index contributed by atoms with van der Waals surface area (Å²) < 4.78 is 0. The molecule has 1 aromatic rings. The maximum absolute atomic E-state index is 6.61. The van der Waals surface area contributed by atoms with Crippen LogP contribution in [-0.4, -0.2) is 0 Å². The molecule has 1 atom stereocenters. The van der Waals surface area contributed by atoms with Crippen molar-refractivity contribution in [2.24, 2.45) is 5.92 Å². The van der Waals surface area contributed by atoms with Gasteiger partial charge in [0.25, 0.3) is 0 Å². The van der Waals surface area contributed by atoms with E-state index in [4.69, 9.17) is 11.6 Å². The minimum absolute atomic E-state index is 0.192. The highest BCUT2D eigenvalue weighted by atomic mass is 35.5. The molecule has 0 saturated heterocycles. The first-order valence-electron chi connectivity index (χ1n) is 7.71. The second kappa shape index (κ2) is 6.31. The number of benzene rings is 1. The first-order valence-corrected chi connectivity index (χ1v) is 8.15. The van der Waals surface area contributed by atoms with E-state index in [1.54, 1.807) is 0 Å². The van der Waals surface area contributed by atoms with Gasteiger partial charge in [0, 0.05) is 0 Å². The number of hydrogen-bond acceptors (Lipinski definition) is 0. The van der Waals surface area contributed by atoms with Crippen LogP contribution in [0.5, 0.6) is 0 Å². The van der Waals surface area contributed by atoms with Crippen molar-refractivity contribution in [3.8, 4) is 0 Å². The zero-order valence-corrected chi connectivity index (χ0v) is 13.3. The van der Waals surface area contributed by atoms with Gasteiger partial charge in [-0.2, -0.15) is 0 Å². The predicted molar refractivity (Wildman–Crippen MR) is 84.9 cm³/mol. The Labute approximate surface area is 123 Å². The summed E-state index contributed by atoms with van der Waals surface area (Å²) in [6.07, 6.45) is 8.13. The summed E-state index contributed by atoms with van der Waals surface area (Å²) in [6, 6.07) is 8.93. The number of alkyl halides is 1. The molecule has 1 aliphatic rings. The molecule has 1 heteroatoms. The van der Waals surface area contributed by atoms with E-state index in [1.165, 1.54) is 43.2 Å². The highest BCUT2D eigenvalue weighted by Crippen LogP contribution is 2.35. The Balaban J connectivity index is 1.97. The van der Waals surface area contributed by atoms with Crippen LogP contribution in [0.1, 0.15) is 75.8 Å². The molecule has 0 N–H and O–H groups in total. The van der Waals surface area contributed by atoms with Crippen molar-refractivity contribution in [3.63, 3.8) is 0 Å². The first kappa shape index (κ1) is 14.9. The van der Waals surface area contributed by atoms with Crippen LogP contribution in [0.15, 0.2) is 24.3 Å². The molecule has 0 heterocycles. The van der Waals surface area contributed by atoms with Crippen molar-refractivity contribution < 1.29 is 0 Å². The van der Waals surface area contributed by atoms with E-state index in [-0.39, 0.29) is 10.8 Å². The monoisotopic (exact) mass is 278 g/mol. The van der Waals surface area contributed by atoms with Crippen LogP contribution in [0, 0.1) is 5.92 Å². The van der Waals surface area contributed by atoms with Crippen molar-refractivity contribution in [2.75, 3.05) is 0 Å². The minimum atomic E-state index is 0.192. The number of hydrogen-bond donors (Lipinski definition) is 0. The van der Waals surface area contributed by atoms with Gasteiger partial charge >= 0.3 is 0 Å². The van der Waals surface area contributed by atoms with Crippen molar-refractivity contribution in [1.82, 2.24) is 0 Å². The van der Waals surface area contributed by atoms with Gasteiger partial charge in [0.05, 0.1) is 5.38 Å². The van der Waals surface area contributed by atoms with Gasteiger partial charge in [-0.25, -0.2) is 0 Å². The summed E-state index contributed by atoms with van der Waals surface area (Å²) >= 11 is 6.61. The molecular formula is C18H27Cl. The molecule has 1 saturated carbocycles. The standard InChI is InChI=1S/C18H27Cl/c1-18(2,3)16-11-9-15(10-12-16)17(19)13-14-7-5-4-6-8-14/h9-12,14,17H,4-8,13H2,1-3H3. The number of rotatable bonds is 3. The fraction of sp³-hybridized carbons (Fsp3) is 0.667. The summed E-state index contributed by atoms with van der Waals surface area (Å²) in [5.74, 6) is 0.846. The van der Waals surface area contributed by atoms with Gasteiger partial charge in [0.2, 0.25) is 0 Å². The van der Waals surface area contributed by atoms with Gasteiger partial charge in [-0.05, 0) is 28.9 Å². The lowest BCUT2D eigenvalue weighted by Gasteiger charge is -2.24. The zero-order valence-electron chi connectivity index (χ0n) is 12.6. The predicted octanol–water partition coefficient (Wildman–Crippen LogP) is 6.23. The topological polar surface area (TPSA) is 0 Å². The maximum Gasteiger partial charge on any atom is 0.0587 e. The summed E-state index contributed by atoms with van der Waals surface area (Å²) in [6.45, 7) is 6.76. The second-order valence-electron chi connectivity index (χ2n) is 7.08. The Morgan fingerprint density at radius 3 is 2.16 bits per heavy atom. The van der Waals surface area contributed by atoms with Crippen LogP contribution in [0.25, 0.3) is 0 Å². The molecular weight excluding hydrogens is 252 g/mol. The fourth-order valence-corrected chi connectivity index (χ4v) is 3.44. The Morgan fingerprint density at radius 1 is 1.05 bits per heavy atom. The summed E-state index contributed by atoms with van der Waals surface area (Å²) in [4.78, 5) is 0. The quantitative estimate of drug-likeness (QED) is 0.575. The molecule has 0 radical (unpaired) electrons. The van der Waals surface area contributed by atoms with Crippen molar-refractivity contribution in [3.05, 3.63) is 35.4 Å². The van der Waals surface area contributed by atoms with Crippen molar-refractivity contribution in [2.45, 2.75) is 70.1 Å². The molecule has 0 aliphatic heterocycles. The van der Waals surface area contributed by atoms with Crippen LogP contribution >= 0.6 is 11.6 Å². The molecule has 106 valence electrons. The number of halogens is 1. The average molecular weight is 279 g/mol. The van der Waals surface area contributed by atoms with Crippen LogP contribution in [0.2, 0.25) is 0 Å². The van der Waals surface area contributed by atoms with E-state index in [0.29, 0.717) is 0 Å². The SMILES string of the molecule is CC(C)(C)c1ccc(C(Cl)CC2CCCCC2)cc1. The molecule has 0 amide bonds. The van der Waals surface area contributed by atoms with Crippen LogP contribution in [0.3, 0.4) is 0 Å². The molecule has 0 spiro atoms. The summed E-state index contributed by atoms with van der Waals surface area (Å²) in [7, 11) is 0. The normalized spacial score (nSPS) is 19.4. The molecule has 0 aromatic heterocycles. The highest BCUT2D eigenvalue weighted by molar-refractivity contribution is 6.20. The van der Waals surface area contributed by atoms with Crippen LogP contribution < -0.4 is 0 Å². The van der Waals surface area contributed by atoms with E-state index < -0.39 is 0 Å². The third kappa shape index (κ3) is 4.24. The van der Waals surface area contributed by atoms with Gasteiger partial charge in [-0.1, -0.05) is 77.1 Å². The van der Waals surface area contributed by atoms with Crippen molar-refractivity contribution >= 4 is 11.6 Å².